The van der Waals surface area contributed by atoms with Crippen LogP contribution in [0.15, 0.2) is 54.6 Å². The van der Waals surface area contributed by atoms with Crippen LogP contribution < -0.4 is 10.1 Å². The lowest BCUT2D eigenvalue weighted by Crippen LogP contribution is -2.40. The highest BCUT2D eigenvalue weighted by molar-refractivity contribution is 5.94. The molecule has 4 atom stereocenters. The summed E-state index contributed by atoms with van der Waals surface area (Å²) in [5, 5.41) is 23.3. The van der Waals surface area contributed by atoms with E-state index in [0.717, 1.165) is 5.56 Å². The Balaban J connectivity index is 1.50. The van der Waals surface area contributed by atoms with Crippen molar-refractivity contribution in [1.82, 2.24) is 10.2 Å². The van der Waals surface area contributed by atoms with Gasteiger partial charge in [0.25, 0.3) is 5.91 Å². The van der Waals surface area contributed by atoms with Crippen LogP contribution >= 0.6 is 0 Å². The highest BCUT2D eigenvalue weighted by Gasteiger charge is 2.43. The number of ether oxygens (including phenoxy) is 2. The molecule has 0 aromatic heterocycles. The Morgan fingerprint density at radius 3 is 2.32 bits per heavy atom. The van der Waals surface area contributed by atoms with Crippen molar-refractivity contribution in [1.29, 1.82) is 0 Å². The second-order valence-electron chi connectivity index (χ2n) is 7.57. The summed E-state index contributed by atoms with van der Waals surface area (Å²) in [6, 6.07) is 16.2. The van der Waals surface area contributed by atoms with Gasteiger partial charge in [-0.3, -0.25) is 9.59 Å². The van der Waals surface area contributed by atoms with E-state index in [1.54, 1.807) is 43.3 Å². The molecule has 1 aliphatic heterocycles. The van der Waals surface area contributed by atoms with Crippen LogP contribution in [-0.4, -0.2) is 72.0 Å². The average molecular weight is 428 g/mol. The number of rotatable bonds is 8. The number of aliphatic hydroxyl groups excluding tert-OH is 2. The van der Waals surface area contributed by atoms with Crippen LogP contribution in [0, 0.1) is 0 Å². The maximum Gasteiger partial charge on any atom is 0.251 e. The van der Waals surface area contributed by atoms with E-state index in [0.29, 0.717) is 17.9 Å². The van der Waals surface area contributed by atoms with Crippen LogP contribution in [0.25, 0.3) is 0 Å². The minimum Gasteiger partial charge on any atom is -0.497 e. The van der Waals surface area contributed by atoms with Crippen LogP contribution in [0.3, 0.4) is 0 Å². The Morgan fingerprint density at radius 2 is 1.68 bits per heavy atom. The molecule has 0 unspecified atom stereocenters. The number of nitrogens with zero attached hydrogens (tertiary/aromatic N) is 1. The standard InChI is InChI=1S/C23H28N2O6/c1-25(14-15-6-4-3-5-7-15)20(26)12-18-21(27)22(28)19(31-18)13-24-23(29)16-8-10-17(30-2)11-9-16/h3-11,18-19,21-22,27-28H,12-14H2,1-2H3,(H,24,29)/t18-,19+,21-,22+/m0/s1. The number of benzene rings is 2. The molecule has 1 aliphatic rings. The SMILES string of the molecule is COc1ccc(C(=O)NC[C@H]2O[C@@H](CC(=O)N(C)Cc3ccccc3)[C@H](O)[C@@H]2O)cc1. The zero-order valence-electron chi connectivity index (χ0n) is 17.6. The molecule has 0 bridgehead atoms. The Kier molecular flexibility index (Phi) is 7.62. The number of nitrogens with one attached hydrogen (secondary N) is 1. The first kappa shape index (κ1) is 22.7. The summed E-state index contributed by atoms with van der Waals surface area (Å²) >= 11 is 0. The van der Waals surface area contributed by atoms with E-state index in [1.165, 1.54) is 0 Å². The van der Waals surface area contributed by atoms with Gasteiger partial charge in [0.05, 0.1) is 19.6 Å². The van der Waals surface area contributed by atoms with Crippen LogP contribution in [-0.2, 0) is 16.1 Å². The fourth-order valence-electron chi connectivity index (χ4n) is 3.47. The molecule has 0 aliphatic carbocycles. The predicted molar refractivity (Wildman–Crippen MR) is 114 cm³/mol. The van der Waals surface area contributed by atoms with Gasteiger partial charge in [0, 0.05) is 25.7 Å². The molecule has 8 nitrogen and oxygen atoms in total. The largest absolute Gasteiger partial charge is 0.497 e. The smallest absolute Gasteiger partial charge is 0.251 e. The summed E-state index contributed by atoms with van der Waals surface area (Å²) in [7, 11) is 3.22. The average Bonchev–Trinajstić information content (AvgIpc) is 3.05. The van der Waals surface area contributed by atoms with Crippen molar-refractivity contribution in [3.05, 3.63) is 65.7 Å². The third-order valence-electron chi connectivity index (χ3n) is 5.34. The topological polar surface area (TPSA) is 108 Å². The van der Waals surface area contributed by atoms with Gasteiger partial charge in [-0.15, -0.1) is 0 Å². The van der Waals surface area contributed by atoms with Crippen molar-refractivity contribution in [3.8, 4) is 5.75 Å². The predicted octanol–water partition coefficient (Wildman–Crippen LogP) is 0.963. The lowest BCUT2D eigenvalue weighted by atomic mass is 10.0. The third kappa shape index (κ3) is 5.81. The molecule has 1 heterocycles. The van der Waals surface area contributed by atoms with Gasteiger partial charge in [0.1, 0.15) is 24.1 Å². The minimum atomic E-state index is -1.21. The van der Waals surface area contributed by atoms with Gasteiger partial charge in [-0.25, -0.2) is 0 Å². The summed E-state index contributed by atoms with van der Waals surface area (Å²) < 4.78 is 10.8. The molecule has 1 fully saturated rings. The van der Waals surface area contributed by atoms with Gasteiger partial charge >= 0.3 is 0 Å². The maximum atomic E-state index is 12.5. The summed E-state index contributed by atoms with van der Waals surface area (Å²) in [5.41, 5.74) is 1.42. The number of hydrogen-bond acceptors (Lipinski definition) is 6. The van der Waals surface area contributed by atoms with Gasteiger partial charge in [-0.1, -0.05) is 30.3 Å². The molecule has 0 saturated carbocycles. The quantitative estimate of drug-likeness (QED) is 0.578. The second kappa shape index (κ2) is 10.4. The number of hydrogen-bond donors (Lipinski definition) is 3. The Labute approximate surface area is 181 Å². The Morgan fingerprint density at radius 1 is 1.03 bits per heavy atom. The lowest BCUT2D eigenvalue weighted by Gasteiger charge is -2.21. The molecule has 0 radical (unpaired) electrons. The zero-order chi connectivity index (χ0) is 22.4. The zero-order valence-corrected chi connectivity index (χ0v) is 17.6. The van der Waals surface area contributed by atoms with E-state index < -0.39 is 24.4 Å². The van der Waals surface area contributed by atoms with Crippen LogP contribution in [0.1, 0.15) is 22.3 Å². The number of aliphatic hydroxyl groups is 2. The van der Waals surface area contributed by atoms with Gasteiger partial charge in [-0.2, -0.15) is 0 Å². The van der Waals surface area contributed by atoms with Crippen molar-refractivity contribution in [2.24, 2.45) is 0 Å². The van der Waals surface area contributed by atoms with E-state index in [-0.39, 0.29) is 24.8 Å². The molecule has 0 spiro atoms. The number of carbonyl (C=O) groups is 2. The summed E-state index contributed by atoms with van der Waals surface area (Å²) in [6.07, 6.45) is -4.13. The Bertz CT molecular complexity index is 873. The van der Waals surface area contributed by atoms with Crippen molar-refractivity contribution in [3.63, 3.8) is 0 Å². The highest BCUT2D eigenvalue weighted by atomic mass is 16.5. The van der Waals surface area contributed by atoms with E-state index in [4.69, 9.17) is 9.47 Å². The van der Waals surface area contributed by atoms with Gasteiger partial charge in [0.2, 0.25) is 5.91 Å². The fraction of sp³-hybridized carbons (Fsp3) is 0.391. The maximum absolute atomic E-state index is 12.5. The highest BCUT2D eigenvalue weighted by Crippen LogP contribution is 2.24. The molecular weight excluding hydrogens is 400 g/mol. The molecular formula is C23H28N2O6. The van der Waals surface area contributed by atoms with E-state index in [9.17, 15) is 19.8 Å². The summed E-state index contributed by atoms with van der Waals surface area (Å²) in [6.45, 7) is 0.444. The van der Waals surface area contributed by atoms with Gasteiger partial charge < -0.3 is 29.9 Å². The van der Waals surface area contributed by atoms with Crippen molar-refractivity contribution < 1.29 is 29.3 Å². The minimum absolute atomic E-state index is 0.00757. The van der Waals surface area contributed by atoms with Crippen molar-refractivity contribution in [2.75, 3.05) is 20.7 Å². The van der Waals surface area contributed by atoms with E-state index in [2.05, 4.69) is 5.32 Å². The van der Waals surface area contributed by atoms with Gasteiger partial charge in [-0.05, 0) is 29.8 Å². The van der Waals surface area contributed by atoms with Crippen molar-refractivity contribution >= 4 is 11.8 Å². The first-order valence-corrected chi connectivity index (χ1v) is 10.1. The first-order chi connectivity index (χ1) is 14.9. The molecule has 2 aromatic carbocycles. The third-order valence-corrected chi connectivity index (χ3v) is 5.34. The monoisotopic (exact) mass is 428 g/mol. The van der Waals surface area contributed by atoms with Crippen molar-refractivity contribution in [2.45, 2.75) is 37.4 Å². The molecule has 3 rings (SSSR count). The van der Waals surface area contributed by atoms with E-state index >= 15 is 0 Å². The lowest BCUT2D eigenvalue weighted by molar-refractivity contribution is -0.134. The molecule has 1 saturated heterocycles. The molecule has 166 valence electrons. The van der Waals surface area contributed by atoms with E-state index in [1.807, 2.05) is 30.3 Å². The fourth-order valence-corrected chi connectivity index (χ4v) is 3.47. The molecule has 2 amide bonds. The van der Waals surface area contributed by atoms with Gasteiger partial charge in [0.15, 0.2) is 0 Å². The Hall–Kier alpha value is -2.94. The van der Waals surface area contributed by atoms with Crippen LogP contribution in [0.5, 0.6) is 5.75 Å². The number of carbonyl (C=O) groups excluding carboxylic acids is 2. The first-order valence-electron chi connectivity index (χ1n) is 10.1. The molecule has 31 heavy (non-hydrogen) atoms. The molecule has 8 heteroatoms. The second-order valence-corrected chi connectivity index (χ2v) is 7.57. The summed E-state index contributed by atoms with van der Waals surface area (Å²) in [4.78, 5) is 26.4. The summed E-state index contributed by atoms with van der Waals surface area (Å²) in [5.74, 6) is 0.0945. The number of amides is 2. The van der Waals surface area contributed by atoms with Crippen LogP contribution in [0.2, 0.25) is 0 Å². The van der Waals surface area contributed by atoms with Crippen LogP contribution in [0.4, 0.5) is 0 Å². The number of methoxy groups -OCH3 is 1. The molecule has 2 aromatic rings. The normalized spacial score (nSPS) is 22.7. The molecule has 3 N–H and O–H groups in total.